The lowest BCUT2D eigenvalue weighted by Crippen LogP contribution is -2.46. The molecule has 0 aromatic carbocycles. The molecule has 4 heteroatoms. The van der Waals surface area contributed by atoms with E-state index in [4.69, 9.17) is 4.74 Å². The van der Waals surface area contributed by atoms with Crippen LogP contribution < -0.4 is 5.32 Å². The molecule has 1 fully saturated rings. The van der Waals surface area contributed by atoms with Crippen molar-refractivity contribution >= 4 is 6.09 Å². The lowest BCUT2D eigenvalue weighted by molar-refractivity contribution is 0.0425. The van der Waals surface area contributed by atoms with Crippen LogP contribution in [0.1, 0.15) is 47.0 Å². The number of aliphatic hydroxyl groups excluding tert-OH is 1. The normalized spacial score (nSPS) is 30.2. The fraction of sp³-hybridized carbons (Fsp3) is 0.917. The Balaban J connectivity index is 2.51. The van der Waals surface area contributed by atoms with Crippen molar-refractivity contribution in [1.29, 1.82) is 0 Å². The summed E-state index contributed by atoms with van der Waals surface area (Å²) in [5.41, 5.74) is -0.671. The Morgan fingerprint density at radius 3 is 2.69 bits per heavy atom. The first-order valence-corrected chi connectivity index (χ1v) is 5.87. The van der Waals surface area contributed by atoms with E-state index in [0.29, 0.717) is 0 Å². The molecule has 16 heavy (non-hydrogen) atoms. The van der Waals surface area contributed by atoms with Gasteiger partial charge in [-0.1, -0.05) is 13.3 Å². The average molecular weight is 229 g/mol. The molecule has 94 valence electrons. The quantitative estimate of drug-likeness (QED) is 0.762. The molecule has 1 saturated carbocycles. The molecule has 1 aliphatic rings. The highest BCUT2D eigenvalue weighted by molar-refractivity contribution is 5.68. The maximum atomic E-state index is 11.6. The number of ether oxygens (including phenoxy) is 1. The summed E-state index contributed by atoms with van der Waals surface area (Å²) < 4.78 is 5.21. The fourth-order valence-electron chi connectivity index (χ4n) is 2.12. The zero-order valence-corrected chi connectivity index (χ0v) is 10.7. The standard InChI is InChI=1S/C12H23NO3/c1-11(2,3)16-10(15)13-9-6-5-7-12(9,4)8-14/h9,14H,5-8H2,1-4H3,(H,13,15). The van der Waals surface area contributed by atoms with Gasteiger partial charge in [-0.15, -0.1) is 0 Å². The van der Waals surface area contributed by atoms with Gasteiger partial charge in [-0.3, -0.25) is 0 Å². The van der Waals surface area contributed by atoms with Crippen LogP contribution in [0.2, 0.25) is 0 Å². The van der Waals surface area contributed by atoms with Crippen LogP contribution in [0.3, 0.4) is 0 Å². The summed E-state index contributed by atoms with van der Waals surface area (Å²) in [6.45, 7) is 7.63. The van der Waals surface area contributed by atoms with Gasteiger partial charge in [0.1, 0.15) is 5.60 Å². The van der Waals surface area contributed by atoms with Crippen molar-refractivity contribution in [3.63, 3.8) is 0 Å². The topological polar surface area (TPSA) is 58.6 Å². The molecule has 0 aliphatic heterocycles. The van der Waals surface area contributed by atoms with Crippen molar-refractivity contribution < 1.29 is 14.6 Å². The Hall–Kier alpha value is -0.770. The van der Waals surface area contributed by atoms with Gasteiger partial charge < -0.3 is 15.2 Å². The average Bonchev–Trinajstić information content (AvgIpc) is 2.45. The minimum Gasteiger partial charge on any atom is -0.444 e. The second kappa shape index (κ2) is 4.62. The van der Waals surface area contributed by atoms with Crippen LogP contribution >= 0.6 is 0 Å². The Bertz CT molecular complexity index is 259. The number of amides is 1. The summed E-state index contributed by atoms with van der Waals surface area (Å²) in [7, 11) is 0. The maximum Gasteiger partial charge on any atom is 0.407 e. The molecule has 0 radical (unpaired) electrons. The van der Waals surface area contributed by atoms with Crippen LogP contribution in [0.5, 0.6) is 0 Å². The van der Waals surface area contributed by atoms with Gasteiger partial charge in [0.25, 0.3) is 0 Å². The number of alkyl carbamates (subject to hydrolysis) is 1. The zero-order valence-electron chi connectivity index (χ0n) is 10.7. The summed E-state index contributed by atoms with van der Waals surface area (Å²) in [6, 6.07) is 0.0207. The van der Waals surface area contributed by atoms with Crippen LogP contribution in [0.15, 0.2) is 0 Å². The fourth-order valence-corrected chi connectivity index (χ4v) is 2.12. The van der Waals surface area contributed by atoms with Gasteiger partial charge in [-0.2, -0.15) is 0 Å². The van der Waals surface area contributed by atoms with Crippen LogP contribution in [-0.4, -0.2) is 29.4 Å². The van der Waals surface area contributed by atoms with Gasteiger partial charge in [-0.05, 0) is 33.6 Å². The molecule has 1 amide bonds. The lowest BCUT2D eigenvalue weighted by Gasteiger charge is -2.31. The number of carbonyl (C=O) groups is 1. The first-order chi connectivity index (χ1) is 7.27. The molecule has 0 aromatic heterocycles. The minimum absolute atomic E-state index is 0.0207. The first kappa shape index (κ1) is 13.3. The Morgan fingerprint density at radius 2 is 2.19 bits per heavy atom. The van der Waals surface area contributed by atoms with Gasteiger partial charge in [0.05, 0.1) is 6.61 Å². The van der Waals surface area contributed by atoms with Crippen molar-refractivity contribution in [3.05, 3.63) is 0 Å². The molecule has 2 N–H and O–H groups in total. The van der Waals surface area contributed by atoms with Gasteiger partial charge in [0.15, 0.2) is 0 Å². The minimum atomic E-state index is -0.474. The van der Waals surface area contributed by atoms with Crippen molar-refractivity contribution in [3.8, 4) is 0 Å². The number of carbonyl (C=O) groups excluding carboxylic acids is 1. The summed E-state index contributed by atoms with van der Waals surface area (Å²) in [5.74, 6) is 0. The van der Waals surface area contributed by atoms with E-state index in [1.54, 1.807) is 0 Å². The van der Waals surface area contributed by atoms with E-state index in [9.17, 15) is 9.90 Å². The number of aliphatic hydroxyl groups is 1. The molecule has 0 aromatic rings. The predicted molar refractivity (Wildman–Crippen MR) is 62.2 cm³/mol. The number of hydrogen-bond acceptors (Lipinski definition) is 3. The summed E-state index contributed by atoms with van der Waals surface area (Å²) in [4.78, 5) is 11.6. The smallest absolute Gasteiger partial charge is 0.407 e. The molecular weight excluding hydrogens is 206 g/mol. The molecule has 2 atom stereocenters. The second-order valence-electron chi connectivity index (χ2n) is 5.90. The highest BCUT2D eigenvalue weighted by atomic mass is 16.6. The van der Waals surface area contributed by atoms with Gasteiger partial charge in [0, 0.05) is 11.5 Å². The van der Waals surface area contributed by atoms with E-state index in [-0.39, 0.29) is 24.2 Å². The van der Waals surface area contributed by atoms with Crippen molar-refractivity contribution in [1.82, 2.24) is 5.32 Å². The molecule has 1 rings (SSSR count). The second-order valence-corrected chi connectivity index (χ2v) is 5.90. The highest BCUT2D eigenvalue weighted by Gasteiger charge is 2.39. The third kappa shape index (κ3) is 3.37. The van der Waals surface area contributed by atoms with Crippen LogP contribution in [-0.2, 0) is 4.74 Å². The molecule has 0 spiro atoms. The van der Waals surface area contributed by atoms with E-state index in [1.165, 1.54) is 0 Å². The van der Waals surface area contributed by atoms with E-state index in [2.05, 4.69) is 5.32 Å². The van der Waals surface area contributed by atoms with E-state index in [0.717, 1.165) is 19.3 Å². The molecule has 0 saturated heterocycles. The lowest BCUT2D eigenvalue weighted by atomic mass is 9.86. The Kier molecular flexibility index (Phi) is 3.84. The van der Waals surface area contributed by atoms with Crippen molar-refractivity contribution in [2.45, 2.75) is 58.6 Å². The van der Waals surface area contributed by atoms with E-state index < -0.39 is 5.60 Å². The summed E-state index contributed by atoms with van der Waals surface area (Å²) in [5, 5.41) is 12.2. The van der Waals surface area contributed by atoms with Crippen LogP contribution in [0.4, 0.5) is 4.79 Å². The van der Waals surface area contributed by atoms with E-state index in [1.807, 2.05) is 27.7 Å². The molecular formula is C12H23NO3. The third-order valence-corrected chi connectivity index (χ3v) is 3.13. The SMILES string of the molecule is CC(C)(C)OC(=O)NC1CCCC1(C)CO. The number of rotatable bonds is 2. The molecule has 1 aliphatic carbocycles. The largest absolute Gasteiger partial charge is 0.444 e. The van der Waals surface area contributed by atoms with Gasteiger partial charge in [-0.25, -0.2) is 4.79 Å². The maximum absolute atomic E-state index is 11.6. The number of hydrogen-bond donors (Lipinski definition) is 2. The third-order valence-electron chi connectivity index (χ3n) is 3.13. The van der Waals surface area contributed by atoms with Gasteiger partial charge in [0.2, 0.25) is 0 Å². The molecule has 4 nitrogen and oxygen atoms in total. The summed E-state index contributed by atoms with van der Waals surface area (Å²) in [6.07, 6.45) is 2.51. The predicted octanol–water partition coefficient (Wildman–Crippen LogP) is 2.06. The van der Waals surface area contributed by atoms with E-state index >= 15 is 0 Å². The molecule has 0 bridgehead atoms. The van der Waals surface area contributed by atoms with Crippen molar-refractivity contribution in [2.24, 2.45) is 5.41 Å². The van der Waals surface area contributed by atoms with Crippen LogP contribution in [0.25, 0.3) is 0 Å². The Morgan fingerprint density at radius 1 is 1.56 bits per heavy atom. The van der Waals surface area contributed by atoms with Crippen LogP contribution in [0, 0.1) is 5.41 Å². The van der Waals surface area contributed by atoms with Crippen molar-refractivity contribution in [2.75, 3.05) is 6.61 Å². The Labute approximate surface area is 97.4 Å². The highest BCUT2D eigenvalue weighted by Crippen LogP contribution is 2.37. The molecule has 2 unspecified atom stereocenters. The molecule has 0 heterocycles. The summed E-state index contributed by atoms with van der Waals surface area (Å²) >= 11 is 0. The monoisotopic (exact) mass is 229 g/mol. The number of nitrogens with one attached hydrogen (secondary N) is 1. The first-order valence-electron chi connectivity index (χ1n) is 5.87. The zero-order chi connectivity index (χ0) is 12.4. The van der Waals surface area contributed by atoms with Gasteiger partial charge >= 0.3 is 6.09 Å².